The van der Waals surface area contributed by atoms with E-state index in [1.165, 1.54) is 0 Å². The molecule has 4 N–H and O–H groups in total. The Labute approximate surface area is 158 Å². The molecule has 140 valence electrons. The first-order valence-electron chi connectivity index (χ1n) is 9.52. The van der Waals surface area contributed by atoms with E-state index in [-0.39, 0.29) is 11.6 Å². The summed E-state index contributed by atoms with van der Waals surface area (Å²) in [5.74, 6) is -0.192. The Kier molecular flexibility index (Phi) is 5.18. The molecule has 2 aromatic rings. The number of nitrogens with one attached hydrogen (secondary N) is 4. The van der Waals surface area contributed by atoms with Gasteiger partial charge < -0.3 is 21.3 Å². The van der Waals surface area contributed by atoms with Crippen molar-refractivity contribution in [2.24, 2.45) is 0 Å². The van der Waals surface area contributed by atoms with Crippen molar-refractivity contribution < 1.29 is 9.59 Å². The fourth-order valence-electron chi connectivity index (χ4n) is 3.70. The van der Waals surface area contributed by atoms with Crippen LogP contribution in [0.15, 0.2) is 36.4 Å². The third-order valence-electron chi connectivity index (χ3n) is 5.01. The van der Waals surface area contributed by atoms with Crippen LogP contribution in [0, 0.1) is 0 Å². The normalized spacial score (nSPS) is 17.8. The second-order valence-electron chi connectivity index (χ2n) is 6.82. The van der Waals surface area contributed by atoms with Crippen molar-refractivity contribution in [3.63, 3.8) is 0 Å². The summed E-state index contributed by atoms with van der Waals surface area (Å²) in [6.45, 7) is 4.87. The van der Waals surface area contributed by atoms with Crippen LogP contribution in [0.25, 0.3) is 0 Å². The molecule has 2 bridgehead atoms. The highest BCUT2D eigenvalue weighted by molar-refractivity contribution is 6.31. The average molecular weight is 364 g/mol. The summed E-state index contributed by atoms with van der Waals surface area (Å²) in [5.41, 5.74) is 3.36. The summed E-state index contributed by atoms with van der Waals surface area (Å²) in [6.07, 6.45) is 1.06. The smallest absolute Gasteiger partial charge is 0.198 e. The van der Waals surface area contributed by atoms with E-state index in [0.29, 0.717) is 35.3 Å². The topological polar surface area (TPSA) is 82.3 Å². The molecule has 6 heteroatoms. The lowest BCUT2D eigenvalue weighted by Crippen LogP contribution is -2.30. The van der Waals surface area contributed by atoms with Crippen molar-refractivity contribution in [1.82, 2.24) is 10.6 Å². The van der Waals surface area contributed by atoms with Crippen molar-refractivity contribution >= 4 is 22.9 Å². The fraction of sp³-hybridized carbons (Fsp3) is 0.333. The number of hydrogen-bond acceptors (Lipinski definition) is 6. The average Bonchev–Trinajstić information content (AvgIpc) is 2.69. The third kappa shape index (κ3) is 3.46. The van der Waals surface area contributed by atoms with Crippen molar-refractivity contribution in [3.05, 3.63) is 58.7 Å². The number of carbonyl (C=O) groups is 2. The Morgan fingerprint density at radius 1 is 0.593 bits per heavy atom. The molecule has 0 radical (unpaired) electrons. The highest BCUT2D eigenvalue weighted by atomic mass is 16.1. The van der Waals surface area contributed by atoms with Gasteiger partial charge in [-0.15, -0.1) is 0 Å². The number of carbonyl (C=O) groups excluding carboxylic acids is 2. The standard InChI is InChI=1S/C21H24N4O2/c26-20-14-4-1-6-16-18(14)21(27)19-15(20)5-2-7-17(19)25-13-11-23-9-3-8-22-10-12-24-16/h1-2,4-7,22-25H,3,8-13H2. The van der Waals surface area contributed by atoms with Gasteiger partial charge in [0.1, 0.15) is 0 Å². The minimum Gasteiger partial charge on any atom is -0.383 e. The molecule has 1 aliphatic carbocycles. The molecule has 1 aliphatic heterocycles. The van der Waals surface area contributed by atoms with E-state index < -0.39 is 0 Å². The molecule has 6 nitrogen and oxygen atoms in total. The lowest BCUT2D eigenvalue weighted by atomic mass is 9.82. The molecule has 2 aliphatic rings. The Morgan fingerprint density at radius 2 is 1.11 bits per heavy atom. The summed E-state index contributed by atoms with van der Waals surface area (Å²) < 4.78 is 0. The van der Waals surface area contributed by atoms with E-state index in [9.17, 15) is 9.59 Å². The maximum absolute atomic E-state index is 13.4. The fourth-order valence-corrected chi connectivity index (χ4v) is 3.70. The lowest BCUT2D eigenvalue weighted by molar-refractivity contribution is 0.0980. The van der Waals surface area contributed by atoms with Crippen molar-refractivity contribution in [2.75, 3.05) is 49.9 Å². The minimum absolute atomic E-state index is 0.0933. The third-order valence-corrected chi connectivity index (χ3v) is 5.01. The Hall–Kier alpha value is -2.70. The van der Waals surface area contributed by atoms with E-state index in [1.54, 1.807) is 12.1 Å². The molecule has 0 unspecified atom stereocenters. The molecular weight excluding hydrogens is 340 g/mol. The van der Waals surface area contributed by atoms with Gasteiger partial charge in [0, 0.05) is 48.7 Å². The van der Waals surface area contributed by atoms with E-state index in [0.717, 1.165) is 44.0 Å². The predicted molar refractivity (Wildman–Crippen MR) is 107 cm³/mol. The molecule has 4 rings (SSSR count). The molecule has 27 heavy (non-hydrogen) atoms. The van der Waals surface area contributed by atoms with Crippen LogP contribution < -0.4 is 21.3 Å². The van der Waals surface area contributed by atoms with Gasteiger partial charge in [-0.1, -0.05) is 24.3 Å². The maximum Gasteiger partial charge on any atom is 0.198 e. The number of ketones is 2. The van der Waals surface area contributed by atoms with E-state index in [1.807, 2.05) is 24.3 Å². The zero-order valence-electron chi connectivity index (χ0n) is 15.2. The summed E-state index contributed by atoms with van der Waals surface area (Å²) in [6, 6.07) is 10.9. The van der Waals surface area contributed by atoms with Crippen LogP contribution in [-0.2, 0) is 0 Å². The van der Waals surface area contributed by atoms with Crippen LogP contribution in [0.2, 0.25) is 0 Å². The molecule has 0 fully saturated rings. The summed E-state index contributed by atoms with van der Waals surface area (Å²) >= 11 is 0. The second-order valence-corrected chi connectivity index (χ2v) is 6.82. The van der Waals surface area contributed by atoms with Gasteiger partial charge in [0.2, 0.25) is 0 Å². The van der Waals surface area contributed by atoms with Gasteiger partial charge in [0.15, 0.2) is 11.6 Å². The molecule has 0 aromatic heterocycles. The lowest BCUT2D eigenvalue weighted by Gasteiger charge is -2.23. The quantitative estimate of drug-likeness (QED) is 0.488. The number of benzene rings is 2. The van der Waals surface area contributed by atoms with Gasteiger partial charge in [0.25, 0.3) is 0 Å². The zero-order valence-corrected chi connectivity index (χ0v) is 15.2. The molecule has 2 aromatic carbocycles. The number of anilines is 2. The van der Waals surface area contributed by atoms with Crippen LogP contribution in [0.5, 0.6) is 0 Å². The first kappa shape index (κ1) is 17.7. The Bertz CT molecular complexity index is 811. The van der Waals surface area contributed by atoms with Crippen LogP contribution in [0.4, 0.5) is 11.4 Å². The molecule has 0 atom stereocenters. The van der Waals surface area contributed by atoms with Gasteiger partial charge in [-0.05, 0) is 31.6 Å². The zero-order chi connectivity index (χ0) is 18.6. The van der Waals surface area contributed by atoms with Gasteiger partial charge >= 0.3 is 0 Å². The van der Waals surface area contributed by atoms with Crippen molar-refractivity contribution in [3.8, 4) is 0 Å². The highest BCUT2D eigenvalue weighted by Crippen LogP contribution is 2.35. The minimum atomic E-state index is -0.0983. The van der Waals surface area contributed by atoms with E-state index in [4.69, 9.17) is 0 Å². The maximum atomic E-state index is 13.4. The summed E-state index contributed by atoms with van der Waals surface area (Å²) in [4.78, 5) is 26.4. The predicted octanol–water partition coefficient (Wildman–Crippen LogP) is 1.87. The largest absolute Gasteiger partial charge is 0.383 e. The molecule has 0 saturated heterocycles. The van der Waals surface area contributed by atoms with Gasteiger partial charge in [0.05, 0.1) is 11.1 Å². The first-order chi connectivity index (χ1) is 13.3. The van der Waals surface area contributed by atoms with E-state index in [2.05, 4.69) is 21.3 Å². The van der Waals surface area contributed by atoms with Gasteiger partial charge in [-0.3, -0.25) is 9.59 Å². The Morgan fingerprint density at radius 3 is 1.63 bits per heavy atom. The molecule has 0 amide bonds. The number of hydrogen-bond donors (Lipinski definition) is 4. The number of rotatable bonds is 0. The molecule has 0 spiro atoms. The summed E-state index contributed by atoms with van der Waals surface area (Å²) in [7, 11) is 0. The highest BCUT2D eigenvalue weighted by Gasteiger charge is 2.33. The second kappa shape index (κ2) is 7.90. The van der Waals surface area contributed by atoms with Crippen LogP contribution in [0.3, 0.4) is 0 Å². The molecule has 0 saturated carbocycles. The van der Waals surface area contributed by atoms with Crippen molar-refractivity contribution in [2.45, 2.75) is 6.42 Å². The Balaban J connectivity index is 1.76. The molecular formula is C21H24N4O2. The van der Waals surface area contributed by atoms with Crippen LogP contribution >= 0.6 is 0 Å². The van der Waals surface area contributed by atoms with E-state index >= 15 is 0 Å². The van der Waals surface area contributed by atoms with Crippen molar-refractivity contribution in [1.29, 1.82) is 0 Å². The van der Waals surface area contributed by atoms with Crippen LogP contribution in [0.1, 0.15) is 38.3 Å². The van der Waals surface area contributed by atoms with Crippen LogP contribution in [-0.4, -0.2) is 50.8 Å². The first-order valence-corrected chi connectivity index (χ1v) is 9.52. The van der Waals surface area contributed by atoms with Gasteiger partial charge in [-0.25, -0.2) is 0 Å². The van der Waals surface area contributed by atoms with Gasteiger partial charge in [-0.2, -0.15) is 0 Å². The SMILES string of the molecule is O=C1c2cccc3c2C(=O)c2c(cccc21)NCCNCCCNCCN3. The molecule has 1 heterocycles. The summed E-state index contributed by atoms with van der Waals surface area (Å²) in [5, 5.41) is 13.4. The monoisotopic (exact) mass is 364 g/mol.